The standard InChI is InChI=1S/C15H21N5O3/c1-11(14-19-17-10-20(14)2)18-15(22)16-8-12(21)9-23-13-6-4-3-5-7-13/h3-7,10-12,21H,8-9H2,1-2H3,(H2,16,18,22)/t11-,12-/m0/s1. The lowest BCUT2D eigenvalue weighted by Crippen LogP contribution is -2.42. The Labute approximate surface area is 134 Å². The number of aliphatic hydroxyl groups excluding tert-OH is 1. The van der Waals surface area contributed by atoms with E-state index in [-0.39, 0.29) is 25.2 Å². The monoisotopic (exact) mass is 319 g/mol. The molecule has 0 spiro atoms. The van der Waals surface area contributed by atoms with Gasteiger partial charge < -0.3 is 25.0 Å². The predicted molar refractivity (Wildman–Crippen MR) is 83.9 cm³/mol. The minimum Gasteiger partial charge on any atom is -0.491 e. The summed E-state index contributed by atoms with van der Waals surface area (Å²) in [5.74, 6) is 1.32. The third-order valence-corrected chi connectivity index (χ3v) is 3.17. The first-order valence-electron chi connectivity index (χ1n) is 7.30. The van der Waals surface area contributed by atoms with Gasteiger partial charge in [-0.3, -0.25) is 0 Å². The Balaban J connectivity index is 1.68. The maximum Gasteiger partial charge on any atom is 0.315 e. The predicted octanol–water partition coefficient (Wildman–Crippen LogP) is 0.615. The highest BCUT2D eigenvalue weighted by Crippen LogP contribution is 2.08. The largest absolute Gasteiger partial charge is 0.491 e. The van der Waals surface area contributed by atoms with Crippen molar-refractivity contribution >= 4 is 6.03 Å². The number of ether oxygens (including phenoxy) is 1. The fourth-order valence-corrected chi connectivity index (χ4v) is 1.97. The second-order valence-electron chi connectivity index (χ2n) is 5.15. The minimum atomic E-state index is -0.800. The summed E-state index contributed by atoms with van der Waals surface area (Å²) >= 11 is 0. The van der Waals surface area contributed by atoms with Crippen LogP contribution in [-0.4, -0.2) is 45.2 Å². The molecular weight excluding hydrogens is 298 g/mol. The van der Waals surface area contributed by atoms with Gasteiger partial charge in [-0.05, 0) is 19.1 Å². The molecule has 3 N–H and O–H groups in total. The van der Waals surface area contributed by atoms with Crippen LogP contribution in [0.15, 0.2) is 36.7 Å². The summed E-state index contributed by atoms with van der Waals surface area (Å²) in [5.41, 5.74) is 0. The van der Waals surface area contributed by atoms with Gasteiger partial charge in [0.1, 0.15) is 24.8 Å². The van der Waals surface area contributed by atoms with Crippen LogP contribution in [0.5, 0.6) is 5.75 Å². The van der Waals surface area contributed by atoms with E-state index < -0.39 is 6.10 Å². The number of amides is 2. The number of aryl methyl sites for hydroxylation is 1. The van der Waals surface area contributed by atoms with Crippen molar-refractivity contribution in [3.05, 3.63) is 42.5 Å². The fourth-order valence-electron chi connectivity index (χ4n) is 1.97. The number of hydrogen-bond acceptors (Lipinski definition) is 5. The molecule has 1 aromatic heterocycles. The van der Waals surface area contributed by atoms with Crippen LogP contribution in [0.1, 0.15) is 18.8 Å². The maximum absolute atomic E-state index is 11.8. The zero-order chi connectivity index (χ0) is 16.7. The van der Waals surface area contributed by atoms with Crippen LogP contribution in [0.4, 0.5) is 4.79 Å². The summed E-state index contributed by atoms with van der Waals surface area (Å²) < 4.78 is 7.14. The van der Waals surface area contributed by atoms with Crippen molar-refractivity contribution in [2.24, 2.45) is 7.05 Å². The quantitative estimate of drug-likeness (QED) is 0.694. The Kier molecular flexibility index (Phi) is 5.93. The van der Waals surface area contributed by atoms with Gasteiger partial charge in [0.15, 0.2) is 5.82 Å². The van der Waals surface area contributed by atoms with Crippen LogP contribution in [0.3, 0.4) is 0 Å². The molecule has 2 rings (SSSR count). The van der Waals surface area contributed by atoms with Crippen LogP contribution in [0.25, 0.3) is 0 Å². The minimum absolute atomic E-state index is 0.0875. The SMILES string of the molecule is C[C@H](NC(=O)NC[C@H](O)COc1ccccc1)c1nncn1C. The van der Waals surface area contributed by atoms with E-state index >= 15 is 0 Å². The lowest BCUT2D eigenvalue weighted by molar-refractivity contribution is 0.107. The number of nitrogens with zero attached hydrogens (tertiary/aromatic N) is 3. The Morgan fingerprint density at radius 2 is 2.13 bits per heavy atom. The van der Waals surface area contributed by atoms with Gasteiger partial charge in [-0.2, -0.15) is 0 Å². The van der Waals surface area contributed by atoms with Crippen molar-refractivity contribution in [1.29, 1.82) is 0 Å². The summed E-state index contributed by atoms with van der Waals surface area (Å²) in [7, 11) is 1.80. The first-order valence-corrected chi connectivity index (χ1v) is 7.30. The molecule has 2 aromatic rings. The van der Waals surface area contributed by atoms with E-state index in [9.17, 15) is 9.90 Å². The Morgan fingerprint density at radius 3 is 2.78 bits per heavy atom. The lowest BCUT2D eigenvalue weighted by atomic mass is 10.3. The van der Waals surface area contributed by atoms with E-state index in [2.05, 4.69) is 20.8 Å². The number of carbonyl (C=O) groups excluding carboxylic acids is 1. The molecule has 8 heteroatoms. The summed E-state index contributed by atoms with van der Waals surface area (Å²) in [5, 5.41) is 22.8. The Hall–Kier alpha value is -2.61. The molecule has 0 aliphatic carbocycles. The van der Waals surface area contributed by atoms with Crippen LogP contribution in [0, 0.1) is 0 Å². The lowest BCUT2D eigenvalue weighted by Gasteiger charge is -2.16. The third-order valence-electron chi connectivity index (χ3n) is 3.17. The maximum atomic E-state index is 11.8. The van der Waals surface area contributed by atoms with Crippen molar-refractivity contribution in [2.75, 3.05) is 13.2 Å². The van der Waals surface area contributed by atoms with Crippen LogP contribution in [-0.2, 0) is 7.05 Å². The number of hydrogen-bond donors (Lipinski definition) is 3. The highest BCUT2D eigenvalue weighted by Gasteiger charge is 2.15. The molecular formula is C15H21N5O3. The molecule has 23 heavy (non-hydrogen) atoms. The summed E-state index contributed by atoms with van der Waals surface area (Å²) in [6.07, 6.45) is 0.766. The highest BCUT2D eigenvalue weighted by atomic mass is 16.5. The summed E-state index contributed by atoms with van der Waals surface area (Å²) in [4.78, 5) is 11.8. The smallest absolute Gasteiger partial charge is 0.315 e. The molecule has 0 saturated heterocycles. The van der Waals surface area contributed by atoms with Crippen molar-refractivity contribution < 1.29 is 14.6 Å². The molecule has 0 radical (unpaired) electrons. The second-order valence-corrected chi connectivity index (χ2v) is 5.15. The molecule has 1 aromatic carbocycles. The van der Waals surface area contributed by atoms with Crippen molar-refractivity contribution in [1.82, 2.24) is 25.4 Å². The first-order chi connectivity index (χ1) is 11.1. The molecule has 8 nitrogen and oxygen atoms in total. The van der Waals surface area contributed by atoms with Gasteiger partial charge >= 0.3 is 6.03 Å². The zero-order valence-electron chi connectivity index (χ0n) is 13.1. The van der Waals surface area contributed by atoms with Gasteiger partial charge in [0.05, 0.1) is 6.04 Å². The van der Waals surface area contributed by atoms with E-state index in [1.165, 1.54) is 0 Å². The summed E-state index contributed by atoms with van der Waals surface area (Å²) in [6.45, 7) is 1.99. The second kappa shape index (κ2) is 8.14. The first kappa shape index (κ1) is 16.8. The molecule has 0 fully saturated rings. The van der Waals surface area contributed by atoms with Crippen molar-refractivity contribution in [2.45, 2.75) is 19.1 Å². The molecule has 0 aliphatic rings. The molecule has 0 saturated carbocycles. The van der Waals surface area contributed by atoms with Gasteiger partial charge in [-0.25, -0.2) is 4.79 Å². The number of para-hydroxylation sites is 1. The molecule has 0 unspecified atom stereocenters. The summed E-state index contributed by atoms with van der Waals surface area (Å²) in [6, 6.07) is 8.50. The van der Waals surface area contributed by atoms with E-state index in [1.807, 2.05) is 18.2 Å². The normalized spacial score (nSPS) is 13.2. The Morgan fingerprint density at radius 1 is 1.39 bits per heavy atom. The van der Waals surface area contributed by atoms with Gasteiger partial charge in [0.2, 0.25) is 0 Å². The average Bonchev–Trinajstić information content (AvgIpc) is 2.98. The molecule has 124 valence electrons. The van der Waals surface area contributed by atoms with Gasteiger partial charge in [0, 0.05) is 13.6 Å². The number of benzene rings is 1. The van der Waals surface area contributed by atoms with Crippen LogP contribution < -0.4 is 15.4 Å². The molecule has 2 amide bonds. The van der Waals surface area contributed by atoms with E-state index in [1.54, 1.807) is 37.0 Å². The van der Waals surface area contributed by atoms with Gasteiger partial charge in [-0.15, -0.1) is 10.2 Å². The number of aromatic nitrogens is 3. The van der Waals surface area contributed by atoms with Crippen molar-refractivity contribution in [3.63, 3.8) is 0 Å². The number of carbonyl (C=O) groups is 1. The van der Waals surface area contributed by atoms with Gasteiger partial charge in [0.25, 0.3) is 0 Å². The molecule has 1 heterocycles. The van der Waals surface area contributed by atoms with Crippen molar-refractivity contribution in [3.8, 4) is 5.75 Å². The number of urea groups is 1. The average molecular weight is 319 g/mol. The van der Waals surface area contributed by atoms with Gasteiger partial charge in [-0.1, -0.05) is 18.2 Å². The van der Waals surface area contributed by atoms with E-state index in [0.29, 0.717) is 11.6 Å². The number of rotatable bonds is 7. The third kappa shape index (κ3) is 5.26. The molecule has 0 aliphatic heterocycles. The highest BCUT2D eigenvalue weighted by molar-refractivity contribution is 5.74. The van der Waals surface area contributed by atoms with E-state index in [4.69, 9.17) is 4.74 Å². The van der Waals surface area contributed by atoms with Crippen LogP contribution >= 0.6 is 0 Å². The number of nitrogens with one attached hydrogen (secondary N) is 2. The van der Waals surface area contributed by atoms with Crippen LogP contribution in [0.2, 0.25) is 0 Å². The molecule has 0 bridgehead atoms. The Bertz CT molecular complexity index is 617. The number of aliphatic hydroxyl groups is 1. The zero-order valence-corrected chi connectivity index (χ0v) is 13.1. The topological polar surface area (TPSA) is 101 Å². The molecule has 2 atom stereocenters. The fraction of sp³-hybridized carbons (Fsp3) is 0.400. The van der Waals surface area contributed by atoms with E-state index in [0.717, 1.165) is 0 Å².